The second-order valence-corrected chi connectivity index (χ2v) is 4.90. The first-order chi connectivity index (χ1) is 6.32. The van der Waals surface area contributed by atoms with Gasteiger partial charge in [-0.1, -0.05) is 32.9 Å². The lowest BCUT2D eigenvalue weighted by molar-refractivity contribution is 0.108. The molecule has 2 heteroatoms. The molecule has 14 heavy (non-hydrogen) atoms. The molecule has 0 bridgehead atoms. The van der Waals surface area contributed by atoms with Crippen LogP contribution in [-0.4, -0.2) is 5.24 Å². The van der Waals surface area contributed by atoms with Gasteiger partial charge >= 0.3 is 0 Å². The Morgan fingerprint density at radius 2 is 1.86 bits per heavy atom. The van der Waals surface area contributed by atoms with Gasteiger partial charge in [0, 0.05) is 5.56 Å². The van der Waals surface area contributed by atoms with E-state index in [2.05, 4.69) is 20.8 Å². The fourth-order valence-corrected chi connectivity index (χ4v) is 1.50. The number of halogens is 1. The quantitative estimate of drug-likeness (QED) is 0.647. The topological polar surface area (TPSA) is 17.1 Å². The van der Waals surface area contributed by atoms with Gasteiger partial charge in [0.05, 0.1) is 0 Å². The van der Waals surface area contributed by atoms with Crippen molar-refractivity contribution in [3.8, 4) is 0 Å². The molecule has 76 valence electrons. The summed E-state index contributed by atoms with van der Waals surface area (Å²) < 4.78 is 0. The molecule has 0 spiro atoms. The second-order valence-electron chi connectivity index (χ2n) is 4.55. The Labute approximate surface area is 90.1 Å². The summed E-state index contributed by atoms with van der Waals surface area (Å²) in [5.74, 6) is 0. The highest BCUT2D eigenvalue weighted by Gasteiger charge is 2.16. The fraction of sp³-hybridized carbons (Fsp3) is 0.417. The van der Waals surface area contributed by atoms with Crippen molar-refractivity contribution in [2.75, 3.05) is 0 Å². The van der Waals surface area contributed by atoms with Gasteiger partial charge in [-0.05, 0) is 41.1 Å². The third-order valence-corrected chi connectivity index (χ3v) is 2.52. The van der Waals surface area contributed by atoms with Crippen LogP contribution in [0.3, 0.4) is 0 Å². The molecule has 0 aromatic heterocycles. The summed E-state index contributed by atoms with van der Waals surface area (Å²) in [5, 5.41) is -0.381. The zero-order valence-electron chi connectivity index (χ0n) is 9.02. The molecule has 0 amide bonds. The minimum atomic E-state index is -0.381. The molecular formula is C12H15ClO. The molecule has 0 aliphatic carbocycles. The van der Waals surface area contributed by atoms with Gasteiger partial charge in [-0.15, -0.1) is 0 Å². The highest BCUT2D eigenvalue weighted by Crippen LogP contribution is 2.25. The third kappa shape index (κ3) is 2.36. The van der Waals surface area contributed by atoms with Crippen molar-refractivity contribution < 1.29 is 4.79 Å². The summed E-state index contributed by atoms with van der Waals surface area (Å²) in [6, 6.07) is 5.86. The molecule has 0 fully saturated rings. The Hall–Kier alpha value is -0.820. The highest BCUT2D eigenvalue weighted by atomic mass is 35.5. The predicted molar refractivity (Wildman–Crippen MR) is 60.1 cm³/mol. The Morgan fingerprint density at radius 1 is 1.29 bits per heavy atom. The first kappa shape index (κ1) is 11.3. The van der Waals surface area contributed by atoms with Crippen LogP contribution in [0.1, 0.15) is 42.3 Å². The lowest BCUT2D eigenvalue weighted by atomic mass is 9.85. The van der Waals surface area contributed by atoms with E-state index in [1.807, 2.05) is 25.1 Å². The smallest absolute Gasteiger partial charge is 0.252 e. The van der Waals surface area contributed by atoms with Gasteiger partial charge in [0.2, 0.25) is 0 Å². The number of hydrogen-bond acceptors (Lipinski definition) is 1. The summed E-state index contributed by atoms with van der Waals surface area (Å²) in [7, 11) is 0. The van der Waals surface area contributed by atoms with E-state index in [0.29, 0.717) is 5.56 Å². The van der Waals surface area contributed by atoms with Crippen molar-refractivity contribution in [3.05, 3.63) is 34.9 Å². The number of hydrogen-bond donors (Lipinski definition) is 0. The van der Waals surface area contributed by atoms with Crippen LogP contribution in [0, 0.1) is 6.92 Å². The number of benzene rings is 1. The van der Waals surface area contributed by atoms with E-state index in [4.69, 9.17) is 11.6 Å². The van der Waals surface area contributed by atoms with Gasteiger partial charge in [-0.3, -0.25) is 4.79 Å². The number of carbonyl (C=O) groups is 1. The van der Waals surface area contributed by atoms with E-state index in [9.17, 15) is 4.79 Å². The van der Waals surface area contributed by atoms with E-state index >= 15 is 0 Å². The minimum Gasteiger partial charge on any atom is -0.276 e. The van der Waals surface area contributed by atoms with Crippen LogP contribution in [0.4, 0.5) is 0 Å². The molecule has 0 aliphatic heterocycles. The number of rotatable bonds is 1. The van der Waals surface area contributed by atoms with Crippen molar-refractivity contribution in [2.24, 2.45) is 0 Å². The molecule has 0 atom stereocenters. The Balaban J connectivity index is 3.27. The molecule has 0 saturated heterocycles. The van der Waals surface area contributed by atoms with Gasteiger partial charge in [0.1, 0.15) is 0 Å². The van der Waals surface area contributed by atoms with Gasteiger partial charge in [-0.25, -0.2) is 0 Å². The average Bonchev–Trinajstić information content (AvgIpc) is 2.02. The van der Waals surface area contributed by atoms with Crippen molar-refractivity contribution in [1.82, 2.24) is 0 Å². The lowest BCUT2D eigenvalue weighted by Crippen LogP contribution is -2.12. The Kier molecular flexibility index (Phi) is 3.01. The number of aryl methyl sites for hydroxylation is 1. The molecule has 1 nitrogen and oxygen atoms in total. The maximum atomic E-state index is 11.1. The monoisotopic (exact) mass is 210 g/mol. The standard InChI is InChI=1S/C12H15ClO/c1-8-5-6-9(12(2,3)4)7-10(8)11(13)14/h5-7H,1-4H3. The zero-order chi connectivity index (χ0) is 10.9. The van der Waals surface area contributed by atoms with Crippen LogP contribution in [0.25, 0.3) is 0 Å². The molecule has 0 aliphatic rings. The van der Waals surface area contributed by atoms with Gasteiger partial charge in [-0.2, -0.15) is 0 Å². The molecule has 1 aromatic rings. The summed E-state index contributed by atoms with van der Waals surface area (Å²) >= 11 is 5.49. The van der Waals surface area contributed by atoms with Gasteiger partial charge in [0.25, 0.3) is 5.24 Å². The van der Waals surface area contributed by atoms with Crippen molar-refractivity contribution >= 4 is 16.8 Å². The SMILES string of the molecule is Cc1ccc(C(C)(C)C)cc1C(=O)Cl. The second kappa shape index (κ2) is 3.74. The fourth-order valence-electron chi connectivity index (χ4n) is 1.30. The maximum Gasteiger partial charge on any atom is 0.252 e. The predicted octanol–water partition coefficient (Wildman–Crippen LogP) is 3.67. The maximum absolute atomic E-state index is 11.1. The van der Waals surface area contributed by atoms with E-state index in [0.717, 1.165) is 11.1 Å². The van der Waals surface area contributed by atoms with E-state index in [1.54, 1.807) is 0 Å². The molecule has 0 saturated carbocycles. The largest absolute Gasteiger partial charge is 0.276 e. The van der Waals surface area contributed by atoms with E-state index in [1.165, 1.54) is 0 Å². The summed E-state index contributed by atoms with van der Waals surface area (Å²) in [5.41, 5.74) is 2.72. The summed E-state index contributed by atoms with van der Waals surface area (Å²) in [6.45, 7) is 8.22. The third-order valence-electron chi connectivity index (χ3n) is 2.32. The molecular weight excluding hydrogens is 196 g/mol. The van der Waals surface area contributed by atoms with Crippen LogP contribution < -0.4 is 0 Å². The van der Waals surface area contributed by atoms with Crippen LogP contribution in [0.5, 0.6) is 0 Å². The van der Waals surface area contributed by atoms with Crippen molar-refractivity contribution in [3.63, 3.8) is 0 Å². The van der Waals surface area contributed by atoms with Crippen LogP contribution in [0.15, 0.2) is 18.2 Å². The van der Waals surface area contributed by atoms with Crippen LogP contribution in [0.2, 0.25) is 0 Å². The Bertz CT molecular complexity index is 361. The Morgan fingerprint density at radius 3 is 2.29 bits per heavy atom. The normalized spacial score (nSPS) is 11.5. The van der Waals surface area contributed by atoms with Crippen molar-refractivity contribution in [1.29, 1.82) is 0 Å². The average molecular weight is 211 g/mol. The van der Waals surface area contributed by atoms with Crippen LogP contribution >= 0.6 is 11.6 Å². The van der Waals surface area contributed by atoms with Gasteiger partial charge in [0.15, 0.2) is 0 Å². The van der Waals surface area contributed by atoms with E-state index in [-0.39, 0.29) is 10.7 Å². The van der Waals surface area contributed by atoms with Crippen molar-refractivity contribution in [2.45, 2.75) is 33.1 Å². The molecule has 0 radical (unpaired) electrons. The summed E-state index contributed by atoms with van der Waals surface area (Å²) in [4.78, 5) is 11.1. The minimum absolute atomic E-state index is 0.0504. The van der Waals surface area contributed by atoms with Crippen LogP contribution in [-0.2, 0) is 5.41 Å². The molecule has 0 heterocycles. The van der Waals surface area contributed by atoms with Gasteiger partial charge < -0.3 is 0 Å². The number of carbonyl (C=O) groups excluding carboxylic acids is 1. The summed E-state index contributed by atoms with van der Waals surface area (Å²) in [6.07, 6.45) is 0. The molecule has 0 N–H and O–H groups in total. The molecule has 0 unspecified atom stereocenters. The first-order valence-corrected chi connectivity index (χ1v) is 5.01. The van der Waals surface area contributed by atoms with E-state index < -0.39 is 0 Å². The molecule has 1 aromatic carbocycles. The highest BCUT2D eigenvalue weighted by molar-refractivity contribution is 6.67. The zero-order valence-corrected chi connectivity index (χ0v) is 9.77. The lowest BCUT2D eigenvalue weighted by Gasteiger charge is -2.19. The first-order valence-electron chi connectivity index (χ1n) is 4.63. The molecule has 1 rings (SSSR count).